The average molecular weight is 448 g/mol. The molecular formula is C26H22ClNO4. The highest BCUT2D eigenvalue weighted by atomic mass is 35.5. The third-order valence-electron chi connectivity index (χ3n) is 6.53. The Morgan fingerprint density at radius 1 is 0.906 bits per heavy atom. The summed E-state index contributed by atoms with van der Waals surface area (Å²) in [5.41, 5.74) is 5.48. The van der Waals surface area contributed by atoms with Crippen LogP contribution in [-0.2, 0) is 9.53 Å². The minimum atomic E-state index is -0.918. The molecule has 1 amide bonds. The highest BCUT2D eigenvalue weighted by Gasteiger charge is 2.41. The lowest BCUT2D eigenvalue weighted by molar-refractivity contribution is -0.141. The van der Waals surface area contributed by atoms with Crippen LogP contribution in [0.4, 0.5) is 4.79 Å². The van der Waals surface area contributed by atoms with Gasteiger partial charge in [0.25, 0.3) is 0 Å². The zero-order chi connectivity index (χ0) is 22.2. The Hall–Kier alpha value is -3.31. The number of fused-ring (bicyclic) bond motifs is 3. The van der Waals surface area contributed by atoms with Gasteiger partial charge < -0.3 is 14.7 Å². The Balaban J connectivity index is 1.32. The molecule has 0 radical (unpaired) electrons. The number of amides is 1. The summed E-state index contributed by atoms with van der Waals surface area (Å²) in [5, 5.41) is 10.3. The van der Waals surface area contributed by atoms with Gasteiger partial charge in [0.05, 0.1) is 5.92 Å². The van der Waals surface area contributed by atoms with E-state index in [1.807, 2.05) is 36.4 Å². The first kappa shape index (κ1) is 20.6. The lowest BCUT2D eigenvalue weighted by atomic mass is 9.89. The third kappa shape index (κ3) is 3.63. The van der Waals surface area contributed by atoms with Gasteiger partial charge in [0, 0.05) is 29.9 Å². The molecule has 0 bridgehead atoms. The van der Waals surface area contributed by atoms with Gasteiger partial charge in [-0.25, -0.2) is 4.79 Å². The van der Waals surface area contributed by atoms with Crippen molar-refractivity contribution < 1.29 is 19.4 Å². The molecule has 1 N–H and O–H groups in total. The Labute approximate surface area is 191 Å². The molecule has 0 spiro atoms. The average Bonchev–Trinajstić information content (AvgIpc) is 3.39. The number of hydrogen-bond acceptors (Lipinski definition) is 3. The number of benzene rings is 3. The van der Waals surface area contributed by atoms with E-state index in [-0.39, 0.29) is 25.0 Å². The third-order valence-corrected chi connectivity index (χ3v) is 6.78. The van der Waals surface area contributed by atoms with E-state index < -0.39 is 18.0 Å². The summed E-state index contributed by atoms with van der Waals surface area (Å²) < 4.78 is 5.73. The van der Waals surface area contributed by atoms with Crippen LogP contribution in [-0.4, -0.2) is 41.8 Å². The first-order valence-corrected chi connectivity index (χ1v) is 11.0. The van der Waals surface area contributed by atoms with Crippen LogP contribution >= 0.6 is 11.6 Å². The van der Waals surface area contributed by atoms with Crippen molar-refractivity contribution in [1.82, 2.24) is 4.90 Å². The molecule has 3 aromatic rings. The number of likely N-dealkylation sites (tertiary alicyclic amines) is 1. The predicted octanol–water partition coefficient (Wildman–Crippen LogP) is 5.39. The molecule has 2 aliphatic rings. The minimum absolute atomic E-state index is 0.0312. The van der Waals surface area contributed by atoms with E-state index in [4.69, 9.17) is 16.3 Å². The van der Waals surface area contributed by atoms with Crippen LogP contribution in [0.2, 0.25) is 5.02 Å². The van der Waals surface area contributed by atoms with Crippen LogP contribution in [0.3, 0.4) is 0 Å². The van der Waals surface area contributed by atoms with Gasteiger partial charge in [-0.2, -0.15) is 0 Å². The highest BCUT2D eigenvalue weighted by molar-refractivity contribution is 6.30. The maximum atomic E-state index is 12.9. The SMILES string of the molecule is O=C(O)C1CN(C(=O)OCC2c3ccccc3-c3ccccc32)CC1c1ccc(Cl)cc1. The van der Waals surface area contributed by atoms with Crippen molar-refractivity contribution in [3.05, 3.63) is 94.5 Å². The number of halogens is 1. The molecule has 2 unspecified atom stereocenters. The molecule has 2 atom stereocenters. The van der Waals surface area contributed by atoms with Gasteiger partial charge in [-0.05, 0) is 39.9 Å². The van der Waals surface area contributed by atoms with Crippen LogP contribution < -0.4 is 0 Å². The van der Waals surface area contributed by atoms with Crippen LogP contribution in [0.5, 0.6) is 0 Å². The van der Waals surface area contributed by atoms with Crippen LogP contribution in [0.15, 0.2) is 72.8 Å². The molecule has 1 saturated heterocycles. The van der Waals surface area contributed by atoms with Crippen LogP contribution in [0.25, 0.3) is 11.1 Å². The van der Waals surface area contributed by atoms with E-state index in [9.17, 15) is 14.7 Å². The summed E-state index contributed by atoms with van der Waals surface area (Å²) in [4.78, 5) is 26.3. The zero-order valence-electron chi connectivity index (χ0n) is 17.3. The standard InChI is InChI=1S/C26H22ClNO4/c27-17-11-9-16(10-12-17)22-13-28(14-23(22)25(29)30)26(31)32-15-24-20-7-3-1-5-18(20)19-6-2-4-8-21(19)24/h1-12,22-24H,13-15H2,(H,29,30). The first-order chi connectivity index (χ1) is 15.5. The lowest BCUT2D eigenvalue weighted by Gasteiger charge is -2.19. The molecule has 6 heteroatoms. The maximum absolute atomic E-state index is 12.9. The second-order valence-corrected chi connectivity index (χ2v) is 8.75. The number of ether oxygens (including phenoxy) is 1. The zero-order valence-corrected chi connectivity index (χ0v) is 18.0. The van der Waals surface area contributed by atoms with Crippen molar-refractivity contribution in [2.45, 2.75) is 11.8 Å². The molecule has 5 nitrogen and oxygen atoms in total. The topological polar surface area (TPSA) is 66.8 Å². The molecule has 32 heavy (non-hydrogen) atoms. The number of rotatable bonds is 4. The van der Waals surface area contributed by atoms with Crippen molar-refractivity contribution >= 4 is 23.7 Å². The van der Waals surface area contributed by atoms with Crippen molar-refractivity contribution in [3.63, 3.8) is 0 Å². The molecule has 0 aromatic heterocycles. The van der Waals surface area contributed by atoms with Crippen LogP contribution in [0.1, 0.15) is 28.5 Å². The number of aliphatic carboxylic acids is 1. The molecule has 1 heterocycles. The number of carboxylic acids is 1. The quantitative estimate of drug-likeness (QED) is 0.582. The summed E-state index contributed by atoms with van der Waals surface area (Å²) in [6.07, 6.45) is -0.477. The van der Waals surface area contributed by atoms with E-state index in [1.165, 1.54) is 16.0 Å². The fourth-order valence-electron chi connectivity index (χ4n) is 4.94. The van der Waals surface area contributed by atoms with Gasteiger partial charge in [0.15, 0.2) is 0 Å². The van der Waals surface area contributed by atoms with E-state index in [2.05, 4.69) is 24.3 Å². The number of nitrogens with zero attached hydrogens (tertiary/aromatic N) is 1. The number of carboxylic acid groups (broad SMARTS) is 1. The predicted molar refractivity (Wildman–Crippen MR) is 122 cm³/mol. The number of carbonyl (C=O) groups is 2. The molecular weight excluding hydrogens is 426 g/mol. The smallest absolute Gasteiger partial charge is 0.409 e. The normalized spacial score (nSPS) is 19.5. The molecule has 1 aliphatic carbocycles. The molecule has 1 fully saturated rings. The maximum Gasteiger partial charge on any atom is 0.409 e. The molecule has 0 saturated carbocycles. The summed E-state index contributed by atoms with van der Waals surface area (Å²) in [7, 11) is 0. The highest BCUT2D eigenvalue weighted by Crippen LogP contribution is 2.44. The first-order valence-electron chi connectivity index (χ1n) is 10.6. The lowest BCUT2D eigenvalue weighted by Crippen LogP contribution is -2.31. The molecule has 162 valence electrons. The second-order valence-electron chi connectivity index (χ2n) is 8.31. The Morgan fingerprint density at radius 3 is 2.09 bits per heavy atom. The Bertz CT molecular complexity index is 1130. The molecule has 1 aliphatic heterocycles. The Kier molecular flexibility index (Phi) is 5.35. The van der Waals surface area contributed by atoms with Crippen molar-refractivity contribution in [2.75, 3.05) is 19.7 Å². The largest absolute Gasteiger partial charge is 0.481 e. The van der Waals surface area contributed by atoms with Gasteiger partial charge in [-0.3, -0.25) is 4.79 Å². The van der Waals surface area contributed by atoms with E-state index >= 15 is 0 Å². The number of carbonyl (C=O) groups excluding carboxylic acids is 1. The number of hydrogen-bond donors (Lipinski definition) is 1. The van der Waals surface area contributed by atoms with Gasteiger partial charge >= 0.3 is 12.1 Å². The monoisotopic (exact) mass is 447 g/mol. The molecule has 5 rings (SSSR count). The van der Waals surface area contributed by atoms with Gasteiger partial charge in [0.2, 0.25) is 0 Å². The summed E-state index contributed by atoms with van der Waals surface area (Å²) >= 11 is 5.97. The second kappa shape index (κ2) is 8.32. The molecule has 3 aromatic carbocycles. The van der Waals surface area contributed by atoms with Crippen molar-refractivity contribution in [1.29, 1.82) is 0 Å². The van der Waals surface area contributed by atoms with Crippen molar-refractivity contribution in [2.24, 2.45) is 5.92 Å². The summed E-state index contributed by atoms with van der Waals surface area (Å²) in [6, 6.07) is 23.5. The van der Waals surface area contributed by atoms with Crippen LogP contribution in [0, 0.1) is 5.92 Å². The fourth-order valence-corrected chi connectivity index (χ4v) is 5.06. The minimum Gasteiger partial charge on any atom is -0.481 e. The summed E-state index contributed by atoms with van der Waals surface area (Å²) in [6.45, 7) is 0.640. The van der Waals surface area contributed by atoms with E-state index in [0.29, 0.717) is 11.6 Å². The Morgan fingerprint density at radius 2 is 1.50 bits per heavy atom. The van der Waals surface area contributed by atoms with Gasteiger partial charge in [0.1, 0.15) is 6.61 Å². The summed E-state index contributed by atoms with van der Waals surface area (Å²) in [5.74, 6) is -1.93. The van der Waals surface area contributed by atoms with Crippen molar-refractivity contribution in [3.8, 4) is 11.1 Å². The van der Waals surface area contributed by atoms with Gasteiger partial charge in [-0.1, -0.05) is 72.3 Å². The van der Waals surface area contributed by atoms with Gasteiger partial charge in [-0.15, -0.1) is 0 Å². The van der Waals surface area contributed by atoms with E-state index in [1.54, 1.807) is 12.1 Å². The van der Waals surface area contributed by atoms with E-state index in [0.717, 1.165) is 16.7 Å². The fraction of sp³-hybridized carbons (Fsp3) is 0.231.